The highest BCUT2D eigenvalue weighted by Crippen LogP contribution is 2.18. The van der Waals surface area contributed by atoms with Crippen LogP contribution in [0, 0.1) is 0 Å². The Bertz CT molecular complexity index is 414. The van der Waals surface area contributed by atoms with Gasteiger partial charge in [0, 0.05) is 24.9 Å². The van der Waals surface area contributed by atoms with Gasteiger partial charge in [-0.05, 0) is 62.6 Å². The van der Waals surface area contributed by atoms with Gasteiger partial charge in [0.05, 0.1) is 6.10 Å². The molecule has 21 heavy (non-hydrogen) atoms. The van der Waals surface area contributed by atoms with E-state index in [4.69, 9.17) is 0 Å². The number of aryl methyl sites for hydroxylation is 1. The van der Waals surface area contributed by atoms with Crippen molar-refractivity contribution in [1.82, 2.24) is 10.3 Å². The molecule has 1 aromatic rings. The van der Waals surface area contributed by atoms with E-state index in [2.05, 4.69) is 10.3 Å². The average molecular weight is 290 g/mol. The quantitative estimate of drug-likeness (QED) is 0.759. The molecule has 2 N–H and O–H groups in total. The van der Waals surface area contributed by atoms with Crippen molar-refractivity contribution < 1.29 is 9.90 Å². The van der Waals surface area contributed by atoms with E-state index >= 15 is 0 Å². The molecular weight excluding hydrogens is 264 g/mol. The van der Waals surface area contributed by atoms with Gasteiger partial charge in [-0.3, -0.25) is 9.78 Å². The minimum atomic E-state index is -0.161. The third-order valence-electron chi connectivity index (χ3n) is 4.18. The highest BCUT2D eigenvalue weighted by molar-refractivity contribution is 5.76. The third kappa shape index (κ3) is 6.25. The van der Waals surface area contributed by atoms with Crippen LogP contribution >= 0.6 is 0 Å². The molecule has 1 aromatic heterocycles. The Morgan fingerprint density at radius 1 is 1.14 bits per heavy atom. The van der Waals surface area contributed by atoms with Crippen LogP contribution in [0.3, 0.4) is 0 Å². The Morgan fingerprint density at radius 2 is 1.86 bits per heavy atom. The summed E-state index contributed by atoms with van der Waals surface area (Å²) < 4.78 is 0. The number of pyridine rings is 1. The van der Waals surface area contributed by atoms with Crippen LogP contribution in [0.5, 0.6) is 0 Å². The van der Waals surface area contributed by atoms with Gasteiger partial charge in [0.2, 0.25) is 5.91 Å². The first kappa shape index (κ1) is 16.0. The van der Waals surface area contributed by atoms with Crippen molar-refractivity contribution in [3.8, 4) is 0 Å². The number of carbonyl (C=O) groups is 1. The fraction of sp³-hybridized carbons (Fsp3) is 0.647. The number of hydrogen-bond acceptors (Lipinski definition) is 3. The van der Waals surface area contributed by atoms with Crippen LogP contribution in [0.4, 0.5) is 0 Å². The van der Waals surface area contributed by atoms with Crippen molar-refractivity contribution in [3.05, 3.63) is 30.1 Å². The molecule has 0 spiro atoms. The standard InChI is InChI=1S/C17H26N2O2/c20-16-8-6-15(7-9-16)19-17(21)5-3-1-2-4-14-10-12-18-13-11-14/h10-13,15-16,20H,1-9H2,(H,19,21). The molecule has 1 aliphatic carbocycles. The maximum atomic E-state index is 11.8. The van der Waals surface area contributed by atoms with E-state index in [0.29, 0.717) is 6.42 Å². The molecule has 4 heteroatoms. The SMILES string of the molecule is O=C(CCCCCc1ccncc1)NC1CCC(O)CC1. The molecule has 1 amide bonds. The summed E-state index contributed by atoms with van der Waals surface area (Å²) in [5.74, 6) is 0.167. The molecule has 4 nitrogen and oxygen atoms in total. The fourth-order valence-electron chi connectivity index (χ4n) is 2.86. The Labute approximate surface area is 127 Å². The molecule has 2 rings (SSSR count). The van der Waals surface area contributed by atoms with Crippen molar-refractivity contribution in [2.75, 3.05) is 0 Å². The molecule has 1 saturated carbocycles. The predicted molar refractivity (Wildman–Crippen MR) is 82.8 cm³/mol. The zero-order chi connectivity index (χ0) is 14.9. The number of aliphatic hydroxyl groups is 1. The van der Waals surface area contributed by atoms with Crippen molar-refractivity contribution in [2.24, 2.45) is 0 Å². The third-order valence-corrected chi connectivity index (χ3v) is 4.18. The summed E-state index contributed by atoms with van der Waals surface area (Å²) in [6.07, 6.45) is 11.8. The molecular formula is C17H26N2O2. The maximum Gasteiger partial charge on any atom is 0.220 e. The van der Waals surface area contributed by atoms with Gasteiger partial charge in [-0.1, -0.05) is 6.42 Å². The average Bonchev–Trinajstić information content (AvgIpc) is 2.50. The second kappa shape index (κ2) is 8.78. The fourth-order valence-corrected chi connectivity index (χ4v) is 2.86. The highest BCUT2D eigenvalue weighted by atomic mass is 16.3. The van der Waals surface area contributed by atoms with Crippen molar-refractivity contribution >= 4 is 5.91 Å². The molecule has 1 aliphatic rings. The number of carbonyl (C=O) groups excluding carboxylic acids is 1. The highest BCUT2D eigenvalue weighted by Gasteiger charge is 2.20. The molecule has 0 radical (unpaired) electrons. The van der Waals surface area contributed by atoms with Gasteiger partial charge in [-0.2, -0.15) is 0 Å². The lowest BCUT2D eigenvalue weighted by atomic mass is 9.93. The Balaban J connectivity index is 1.51. The lowest BCUT2D eigenvalue weighted by Crippen LogP contribution is -2.38. The lowest BCUT2D eigenvalue weighted by molar-refractivity contribution is -0.122. The molecule has 0 saturated heterocycles. The number of nitrogens with zero attached hydrogens (tertiary/aromatic N) is 1. The van der Waals surface area contributed by atoms with Crippen LogP contribution in [-0.2, 0) is 11.2 Å². The second-order valence-electron chi connectivity index (χ2n) is 5.99. The van der Waals surface area contributed by atoms with Gasteiger partial charge in [0.25, 0.3) is 0 Å². The largest absolute Gasteiger partial charge is 0.393 e. The van der Waals surface area contributed by atoms with E-state index in [9.17, 15) is 9.90 Å². The van der Waals surface area contributed by atoms with Gasteiger partial charge in [0.1, 0.15) is 0 Å². The second-order valence-corrected chi connectivity index (χ2v) is 5.99. The molecule has 1 heterocycles. The van der Waals surface area contributed by atoms with Gasteiger partial charge in [-0.15, -0.1) is 0 Å². The van der Waals surface area contributed by atoms with Crippen LogP contribution in [0.1, 0.15) is 56.9 Å². The van der Waals surface area contributed by atoms with Crippen molar-refractivity contribution in [1.29, 1.82) is 0 Å². The molecule has 0 aliphatic heterocycles. The number of amides is 1. The van der Waals surface area contributed by atoms with Crippen LogP contribution in [-0.4, -0.2) is 28.1 Å². The first-order valence-electron chi connectivity index (χ1n) is 8.10. The first-order valence-corrected chi connectivity index (χ1v) is 8.10. The number of aliphatic hydroxyl groups excluding tert-OH is 1. The summed E-state index contributed by atoms with van der Waals surface area (Å²) in [6, 6.07) is 4.37. The zero-order valence-corrected chi connectivity index (χ0v) is 12.6. The van der Waals surface area contributed by atoms with E-state index < -0.39 is 0 Å². The summed E-state index contributed by atoms with van der Waals surface area (Å²) in [5, 5.41) is 12.5. The summed E-state index contributed by atoms with van der Waals surface area (Å²) in [7, 11) is 0. The van der Waals surface area contributed by atoms with Crippen LogP contribution < -0.4 is 5.32 Å². The van der Waals surface area contributed by atoms with E-state index in [1.165, 1.54) is 5.56 Å². The molecule has 0 bridgehead atoms. The number of rotatable bonds is 7. The number of hydrogen-bond donors (Lipinski definition) is 2. The Morgan fingerprint density at radius 3 is 2.57 bits per heavy atom. The molecule has 0 unspecified atom stereocenters. The monoisotopic (exact) mass is 290 g/mol. The van der Waals surface area contributed by atoms with Gasteiger partial charge >= 0.3 is 0 Å². The molecule has 0 atom stereocenters. The van der Waals surface area contributed by atoms with Gasteiger partial charge in [-0.25, -0.2) is 0 Å². The van der Waals surface area contributed by atoms with E-state index in [-0.39, 0.29) is 18.1 Å². The topological polar surface area (TPSA) is 62.2 Å². The first-order chi connectivity index (χ1) is 10.2. The molecule has 1 fully saturated rings. The number of aromatic nitrogens is 1. The predicted octanol–water partition coefficient (Wildman–Crippen LogP) is 2.60. The summed E-state index contributed by atoms with van der Waals surface area (Å²) >= 11 is 0. The van der Waals surface area contributed by atoms with E-state index in [1.807, 2.05) is 24.5 Å². The minimum absolute atomic E-state index is 0.161. The van der Waals surface area contributed by atoms with Crippen molar-refractivity contribution in [2.45, 2.75) is 69.9 Å². The lowest BCUT2D eigenvalue weighted by Gasteiger charge is -2.26. The van der Waals surface area contributed by atoms with E-state index in [1.54, 1.807) is 0 Å². The minimum Gasteiger partial charge on any atom is -0.393 e. The molecule has 0 aromatic carbocycles. The van der Waals surface area contributed by atoms with Crippen molar-refractivity contribution in [3.63, 3.8) is 0 Å². The van der Waals surface area contributed by atoms with Crippen LogP contribution in [0.15, 0.2) is 24.5 Å². The smallest absolute Gasteiger partial charge is 0.220 e. The zero-order valence-electron chi connectivity index (χ0n) is 12.6. The maximum absolute atomic E-state index is 11.8. The number of nitrogens with one attached hydrogen (secondary N) is 1. The Kier molecular flexibility index (Phi) is 6.67. The van der Waals surface area contributed by atoms with Gasteiger partial charge < -0.3 is 10.4 Å². The summed E-state index contributed by atoms with van der Waals surface area (Å²) in [4.78, 5) is 15.8. The summed E-state index contributed by atoms with van der Waals surface area (Å²) in [6.45, 7) is 0. The normalized spacial score (nSPS) is 22.0. The van der Waals surface area contributed by atoms with Crippen LogP contribution in [0.2, 0.25) is 0 Å². The van der Waals surface area contributed by atoms with Gasteiger partial charge in [0.15, 0.2) is 0 Å². The number of unbranched alkanes of at least 4 members (excludes halogenated alkanes) is 2. The van der Waals surface area contributed by atoms with E-state index in [0.717, 1.165) is 51.4 Å². The van der Waals surface area contributed by atoms with Crippen LogP contribution in [0.25, 0.3) is 0 Å². The summed E-state index contributed by atoms with van der Waals surface area (Å²) in [5.41, 5.74) is 1.32. The Hall–Kier alpha value is -1.42. The molecule has 116 valence electrons.